The van der Waals surface area contributed by atoms with E-state index in [-0.39, 0.29) is 11.8 Å². The number of hydrogen-bond acceptors (Lipinski definition) is 4. The molecule has 1 saturated heterocycles. The van der Waals surface area contributed by atoms with Crippen molar-refractivity contribution in [3.05, 3.63) is 46.3 Å². The standard InChI is InChI=1S/C22H31N5O2/c1-15-7-6-8-16(2)22(15)23-20(28)14-26-9-11-27(12-10-26)21(29)13-19-17(3)24-25(5)18(19)4/h6-8H,9-14H2,1-5H3,(H,23,28). The number of carbonyl (C=O) groups excluding carboxylic acids is 2. The van der Waals surface area contributed by atoms with E-state index >= 15 is 0 Å². The summed E-state index contributed by atoms with van der Waals surface area (Å²) < 4.78 is 1.82. The summed E-state index contributed by atoms with van der Waals surface area (Å²) in [7, 11) is 1.90. The third-order valence-corrected chi connectivity index (χ3v) is 5.82. The molecule has 1 fully saturated rings. The predicted molar refractivity (Wildman–Crippen MR) is 114 cm³/mol. The highest BCUT2D eigenvalue weighted by molar-refractivity contribution is 5.93. The Bertz CT molecular complexity index is 890. The Kier molecular flexibility index (Phi) is 6.37. The van der Waals surface area contributed by atoms with Crippen molar-refractivity contribution in [2.24, 2.45) is 7.05 Å². The lowest BCUT2D eigenvalue weighted by molar-refractivity contribution is -0.132. The molecule has 1 aliphatic heterocycles. The molecule has 1 N–H and O–H groups in total. The zero-order valence-corrected chi connectivity index (χ0v) is 18.1. The average molecular weight is 398 g/mol. The number of nitrogens with one attached hydrogen (secondary N) is 1. The van der Waals surface area contributed by atoms with Gasteiger partial charge in [0.05, 0.1) is 18.7 Å². The molecule has 2 aromatic rings. The number of rotatable bonds is 5. The lowest BCUT2D eigenvalue weighted by Gasteiger charge is -2.34. The minimum absolute atomic E-state index is 0.0104. The molecule has 0 aliphatic carbocycles. The molecular formula is C22H31N5O2. The number of aromatic nitrogens is 2. The van der Waals surface area contributed by atoms with Crippen LogP contribution in [0.1, 0.15) is 28.1 Å². The van der Waals surface area contributed by atoms with Gasteiger partial charge in [0.15, 0.2) is 0 Å². The summed E-state index contributed by atoms with van der Waals surface area (Å²) in [6.45, 7) is 11.0. The van der Waals surface area contributed by atoms with Gasteiger partial charge in [-0.15, -0.1) is 0 Å². The van der Waals surface area contributed by atoms with Gasteiger partial charge in [-0.2, -0.15) is 5.10 Å². The minimum atomic E-state index is -0.0104. The SMILES string of the molecule is Cc1cccc(C)c1NC(=O)CN1CCN(C(=O)Cc2c(C)nn(C)c2C)CC1. The second kappa shape index (κ2) is 8.78. The highest BCUT2D eigenvalue weighted by atomic mass is 16.2. The molecule has 0 saturated carbocycles. The van der Waals surface area contributed by atoms with Crippen LogP contribution in [0.3, 0.4) is 0 Å². The number of carbonyl (C=O) groups is 2. The van der Waals surface area contributed by atoms with E-state index in [2.05, 4.69) is 15.3 Å². The van der Waals surface area contributed by atoms with Crippen molar-refractivity contribution in [2.45, 2.75) is 34.1 Å². The molecule has 0 bridgehead atoms. The Morgan fingerprint density at radius 2 is 1.66 bits per heavy atom. The molecule has 1 aliphatic rings. The van der Waals surface area contributed by atoms with Crippen molar-refractivity contribution >= 4 is 17.5 Å². The number of hydrogen-bond donors (Lipinski definition) is 1. The number of para-hydroxylation sites is 1. The number of anilines is 1. The molecule has 2 amide bonds. The fraction of sp³-hybridized carbons (Fsp3) is 0.500. The molecule has 7 nitrogen and oxygen atoms in total. The second-order valence-electron chi connectivity index (χ2n) is 7.92. The first-order valence-corrected chi connectivity index (χ1v) is 10.1. The first-order valence-electron chi connectivity index (χ1n) is 10.1. The van der Waals surface area contributed by atoms with Crippen LogP contribution >= 0.6 is 0 Å². The van der Waals surface area contributed by atoms with E-state index in [0.29, 0.717) is 39.1 Å². The number of nitrogens with zero attached hydrogens (tertiary/aromatic N) is 4. The van der Waals surface area contributed by atoms with E-state index in [1.54, 1.807) is 0 Å². The van der Waals surface area contributed by atoms with Gasteiger partial charge in [-0.05, 0) is 38.8 Å². The van der Waals surface area contributed by atoms with Crippen molar-refractivity contribution in [3.63, 3.8) is 0 Å². The topological polar surface area (TPSA) is 70.5 Å². The molecule has 156 valence electrons. The van der Waals surface area contributed by atoms with Crippen LogP contribution in [0.15, 0.2) is 18.2 Å². The number of aryl methyl sites for hydroxylation is 4. The van der Waals surface area contributed by atoms with E-state index in [4.69, 9.17) is 0 Å². The van der Waals surface area contributed by atoms with Gasteiger partial charge in [-0.1, -0.05) is 18.2 Å². The summed E-state index contributed by atoms with van der Waals surface area (Å²) in [5, 5.41) is 7.43. The van der Waals surface area contributed by atoms with Crippen LogP contribution in [-0.2, 0) is 23.1 Å². The zero-order valence-electron chi connectivity index (χ0n) is 18.1. The van der Waals surface area contributed by atoms with Crippen molar-refractivity contribution < 1.29 is 9.59 Å². The van der Waals surface area contributed by atoms with E-state index in [9.17, 15) is 9.59 Å². The number of benzene rings is 1. The van der Waals surface area contributed by atoms with Gasteiger partial charge in [0.2, 0.25) is 11.8 Å². The second-order valence-corrected chi connectivity index (χ2v) is 7.92. The van der Waals surface area contributed by atoms with E-state index in [1.165, 1.54) is 0 Å². The fourth-order valence-electron chi connectivity index (χ4n) is 3.89. The normalized spacial score (nSPS) is 14.9. The Morgan fingerprint density at radius 3 is 2.21 bits per heavy atom. The number of amides is 2. The largest absolute Gasteiger partial charge is 0.340 e. The summed E-state index contributed by atoms with van der Waals surface area (Å²) in [6, 6.07) is 5.99. The maximum absolute atomic E-state index is 12.7. The van der Waals surface area contributed by atoms with Gasteiger partial charge in [-0.3, -0.25) is 19.2 Å². The molecule has 2 heterocycles. The Labute approximate surface area is 172 Å². The molecular weight excluding hydrogens is 366 g/mol. The lowest BCUT2D eigenvalue weighted by atomic mass is 10.1. The van der Waals surface area contributed by atoms with Crippen LogP contribution < -0.4 is 5.32 Å². The Hall–Kier alpha value is -2.67. The molecule has 0 unspecified atom stereocenters. The fourth-order valence-corrected chi connectivity index (χ4v) is 3.89. The summed E-state index contributed by atoms with van der Waals surface area (Å²) in [6.07, 6.45) is 0.387. The maximum atomic E-state index is 12.7. The van der Waals surface area contributed by atoms with Crippen LogP contribution in [0.2, 0.25) is 0 Å². The first-order chi connectivity index (χ1) is 13.8. The lowest BCUT2D eigenvalue weighted by Crippen LogP contribution is -2.50. The monoisotopic (exact) mass is 397 g/mol. The van der Waals surface area contributed by atoms with Gasteiger partial charge in [0.1, 0.15) is 0 Å². The third-order valence-electron chi connectivity index (χ3n) is 5.82. The molecule has 1 aromatic heterocycles. The average Bonchev–Trinajstić information content (AvgIpc) is 2.91. The molecule has 29 heavy (non-hydrogen) atoms. The van der Waals surface area contributed by atoms with Gasteiger partial charge in [0, 0.05) is 50.2 Å². The third kappa shape index (κ3) is 4.85. The van der Waals surface area contributed by atoms with Crippen molar-refractivity contribution in [2.75, 3.05) is 38.0 Å². The molecule has 0 atom stereocenters. The Balaban J connectivity index is 1.50. The van der Waals surface area contributed by atoms with Gasteiger partial charge < -0.3 is 10.2 Å². The summed E-state index contributed by atoms with van der Waals surface area (Å²) in [5.41, 5.74) is 6.00. The van der Waals surface area contributed by atoms with Crippen LogP contribution in [-0.4, -0.2) is 64.1 Å². The van der Waals surface area contributed by atoms with Crippen LogP contribution in [0.5, 0.6) is 0 Å². The van der Waals surface area contributed by atoms with Gasteiger partial charge >= 0.3 is 0 Å². The van der Waals surface area contributed by atoms with E-state index < -0.39 is 0 Å². The maximum Gasteiger partial charge on any atom is 0.238 e. The minimum Gasteiger partial charge on any atom is -0.340 e. The molecule has 7 heteroatoms. The number of piperazine rings is 1. The quantitative estimate of drug-likeness (QED) is 0.838. The zero-order chi connectivity index (χ0) is 21.1. The molecule has 1 aromatic carbocycles. The van der Waals surface area contributed by atoms with Crippen LogP contribution in [0, 0.1) is 27.7 Å². The van der Waals surface area contributed by atoms with E-state index in [0.717, 1.165) is 33.8 Å². The van der Waals surface area contributed by atoms with Crippen LogP contribution in [0.25, 0.3) is 0 Å². The molecule has 3 rings (SSSR count). The molecule has 0 spiro atoms. The Morgan fingerprint density at radius 1 is 1.03 bits per heavy atom. The van der Waals surface area contributed by atoms with Gasteiger partial charge in [-0.25, -0.2) is 0 Å². The smallest absolute Gasteiger partial charge is 0.238 e. The summed E-state index contributed by atoms with van der Waals surface area (Å²) in [4.78, 5) is 29.2. The van der Waals surface area contributed by atoms with Crippen molar-refractivity contribution in [3.8, 4) is 0 Å². The summed E-state index contributed by atoms with van der Waals surface area (Å²) >= 11 is 0. The first kappa shape index (κ1) is 21.0. The molecule has 0 radical (unpaired) electrons. The summed E-state index contributed by atoms with van der Waals surface area (Å²) in [5.74, 6) is 0.118. The predicted octanol–water partition coefficient (Wildman–Crippen LogP) is 1.98. The van der Waals surface area contributed by atoms with E-state index in [1.807, 2.05) is 62.5 Å². The van der Waals surface area contributed by atoms with Crippen molar-refractivity contribution in [1.29, 1.82) is 0 Å². The highest BCUT2D eigenvalue weighted by Gasteiger charge is 2.24. The van der Waals surface area contributed by atoms with Crippen LogP contribution in [0.4, 0.5) is 5.69 Å². The van der Waals surface area contributed by atoms with Crippen molar-refractivity contribution in [1.82, 2.24) is 19.6 Å². The van der Waals surface area contributed by atoms with Gasteiger partial charge in [0.25, 0.3) is 0 Å². The highest BCUT2D eigenvalue weighted by Crippen LogP contribution is 2.19.